The molecule has 140 valence electrons. The quantitative estimate of drug-likeness (QED) is 0.537. The molecule has 4 aromatic rings. The van der Waals surface area contributed by atoms with Crippen molar-refractivity contribution < 1.29 is 24.0 Å². The van der Waals surface area contributed by atoms with Crippen molar-refractivity contribution in [2.75, 3.05) is 0 Å². The molecule has 2 aromatic heterocycles. The second kappa shape index (κ2) is 6.03. The van der Waals surface area contributed by atoms with E-state index in [2.05, 4.69) is 4.98 Å². The fourth-order valence-electron chi connectivity index (χ4n) is 4.08. The first-order valence-electron chi connectivity index (χ1n) is 8.89. The van der Waals surface area contributed by atoms with Gasteiger partial charge in [0, 0.05) is 17.3 Å². The van der Waals surface area contributed by atoms with Crippen LogP contribution in [0.5, 0.6) is 0 Å². The van der Waals surface area contributed by atoms with E-state index >= 15 is 0 Å². The number of carbonyl (C=O) groups excluding carboxylic acids is 1. The van der Waals surface area contributed by atoms with Gasteiger partial charge in [-0.1, -0.05) is 18.2 Å². The van der Waals surface area contributed by atoms with Gasteiger partial charge in [-0.25, -0.2) is 4.39 Å². The number of nitrogens with two attached hydrogens (primary N) is 1. The number of rotatable bonds is 2. The standard InChI is InChI=1S/C21H15FN2O4/c22-10-5-6-17-13(7-10)20(25)14(9-28-17)19-18-12(8-16(24-19)21(26)27)11-3-1-2-4-15(11)23-18/h1-7,9,16,19,23-24H,8H2,(H,26,27)/t16-,19-/m0/s1. The molecule has 1 aliphatic rings. The molecule has 0 spiro atoms. The normalized spacial score (nSPS) is 19.0. The van der Waals surface area contributed by atoms with Crippen molar-refractivity contribution in [1.29, 1.82) is 0 Å². The molecular weight excluding hydrogens is 363 g/mol. The van der Waals surface area contributed by atoms with Crippen molar-refractivity contribution in [1.82, 2.24) is 4.98 Å². The molecule has 0 bridgehead atoms. The summed E-state index contributed by atoms with van der Waals surface area (Å²) in [5, 5.41) is 14.3. The predicted molar refractivity (Wildman–Crippen MR) is 97.0 cm³/mol. The minimum absolute atomic E-state index is 0.124. The summed E-state index contributed by atoms with van der Waals surface area (Å²) in [5.41, 5.74) is 2.61. The number of hydrogen-bond donors (Lipinski definition) is 2. The number of carbonyl (C=O) groups is 1. The van der Waals surface area contributed by atoms with Crippen LogP contribution in [0.15, 0.2) is 57.9 Å². The highest BCUT2D eigenvalue weighted by atomic mass is 19.1. The number of benzene rings is 2. The number of H-pyrrole nitrogens is 1. The molecule has 7 heteroatoms. The van der Waals surface area contributed by atoms with Crippen molar-refractivity contribution in [2.45, 2.75) is 18.5 Å². The van der Waals surface area contributed by atoms with E-state index in [0.29, 0.717) is 0 Å². The number of fused-ring (bicyclic) bond motifs is 4. The highest BCUT2D eigenvalue weighted by molar-refractivity contribution is 5.86. The molecule has 2 atom stereocenters. The molecule has 0 unspecified atom stereocenters. The number of carboxylic acids is 1. The van der Waals surface area contributed by atoms with Crippen LogP contribution in [0, 0.1) is 5.82 Å². The minimum Gasteiger partial charge on any atom is -0.544 e. The number of carboxylic acid groups (broad SMARTS) is 1. The second-order valence-electron chi connectivity index (χ2n) is 7.02. The number of para-hydroxylation sites is 1. The Kier molecular flexibility index (Phi) is 3.60. The lowest BCUT2D eigenvalue weighted by Crippen LogP contribution is -2.96. The van der Waals surface area contributed by atoms with E-state index in [9.17, 15) is 19.1 Å². The van der Waals surface area contributed by atoms with E-state index in [-0.39, 0.29) is 28.4 Å². The van der Waals surface area contributed by atoms with E-state index in [1.165, 1.54) is 18.4 Å². The zero-order chi connectivity index (χ0) is 19.4. The van der Waals surface area contributed by atoms with Gasteiger partial charge in [-0.2, -0.15) is 0 Å². The van der Waals surface area contributed by atoms with Crippen LogP contribution in [0.1, 0.15) is 22.9 Å². The number of nitrogens with one attached hydrogen (secondary N) is 1. The summed E-state index contributed by atoms with van der Waals surface area (Å²) in [6, 6.07) is 9.86. The average molecular weight is 378 g/mol. The van der Waals surface area contributed by atoms with Gasteiger partial charge in [-0.3, -0.25) is 4.79 Å². The van der Waals surface area contributed by atoms with Crippen molar-refractivity contribution >= 4 is 27.8 Å². The Morgan fingerprint density at radius 2 is 2.04 bits per heavy atom. The Hall–Kier alpha value is -3.45. The summed E-state index contributed by atoms with van der Waals surface area (Å²) in [6.07, 6.45) is 1.61. The highest BCUT2D eigenvalue weighted by Gasteiger charge is 2.36. The molecule has 0 amide bonds. The first-order chi connectivity index (χ1) is 13.5. The van der Waals surface area contributed by atoms with Gasteiger partial charge in [-0.15, -0.1) is 0 Å². The molecule has 3 heterocycles. The lowest BCUT2D eigenvalue weighted by atomic mass is 9.90. The van der Waals surface area contributed by atoms with Crippen LogP contribution >= 0.6 is 0 Å². The lowest BCUT2D eigenvalue weighted by molar-refractivity contribution is -0.717. The third-order valence-electron chi connectivity index (χ3n) is 5.41. The largest absolute Gasteiger partial charge is 0.544 e. The number of aromatic amines is 1. The smallest absolute Gasteiger partial charge is 0.202 e. The minimum atomic E-state index is -1.20. The maximum absolute atomic E-state index is 13.7. The highest BCUT2D eigenvalue weighted by Crippen LogP contribution is 2.31. The Morgan fingerprint density at radius 3 is 2.86 bits per heavy atom. The summed E-state index contributed by atoms with van der Waals surface area (Å²) in [6.45, 7) is 0. The van der Waals surface area contributed by atoms with Gasteiger partial charge >= 0.3 is 0 Å². The molecule has 5 rings (SSSR count). The fraction of sp³-hybridized carbons (Fsp3) is 0.143. The van der Waals surface area contributed by atoms with Crippen LogP contribution in [-0.4, -0.2) is 17.0 Å². The average Bonchev–Trinajstić information content (AvgIpc) is 3.07. The van der Waals surface area contributed by atoms with Gasteiger partial charge in [0.1, 0.15) is 23.7 Å². The van der Waals surface area contributed by atoms with Crippen LogP contribution in [-0.2, 0) is 11.2 Å². The van der Waals surface area contributed by atoms with E-state index < -0.39 is 23.9 Å². The van der Waals surface area contributed by atoms with Crippen LogP contribution < -0.4 is 15.9 Å². The summed E-state index contributed by atoms with van der Waals surface area (Å²) in [7, 11) is 0. The van der Waals surface area contributed by atoms with E-state index in [1.807, 2.05) is 24.3 Å². The SMILES string of the molecule is O=C([O-])[C@@H]1Cc2c([nH]c3ccccc23)[C@H](c2coc3ccc(F)cc3c2=O)[NH2+]1. The molecule has 0 saturated heterocycles. The Morgan fingerprint density at radius 1 is 1.21 bits per heavy atom. The van der Waals surface area contributed by atoms with Gasteiger partial charge in [0.05, 0.1) is 22.6 Å². The number of hydrogen-bond acceptors (Lipinski definition) is 4. The van der Waals surface area contributed by atoms with Crippen LogP contribution in [0.3, 0.4) is 0 Å². The van der Waals surface area contributed by atoms with Crippen LogP contribution in [0.4, 0.5) is 4.39 Å². The van der Waals surface area contributed by atoms with Gasteiger partial charge in [0.2, 0.25) is 5.43 Å². The predicted octanol–water partition coefficient (Wildman–Crippen LogP) is 0.741. The van der Waals surface area contributed by atoms with E-state index in [0.717, 1.165) is 28.2 Å². The molecule has 28 heavy (non-hydrogen) atoms. The summed E-state index contributed by atoms with van der Waals surface area (Å²) < 4.78 is 19.2. The van der Waals surface area contributed by atoms with Crippen molar-refractivity contribution in [3.8, 4) is 0 Å². The summed E-state index contributed by atoms with van der Waals surface area (Å²) in [4.78, 5) is 28.0. The van der Waals surface area contributed by atoms with Gasteiger partial charge in [-0.05, 0) is 29.8 Å². The molecular formula is C21H15FN2O4. The first kappa shape index (κ1) is 16.7. The summed E-state index contributed by atoms with van der Waals surface area (Å²) >= 11 is 0. The van der Waals surface area contributed by atoms with Crippen molar-refractivity contribution in [2.24, 2.45) is 0 Å². The van der Waals surface area contributed by atoms with E-state index in [1.54, 1.807) is 5.32 Å². The van der Waals surface area contributed by atoms with Crippen LogP contribution in [0.25, 0.3) is 21.9 Å². The topological polar surface area (TPSA) is 103 Å². The molecule has 2 aromatic carbocycles. The molecule has 1 aliphatic heterocycles. The molecule has 0 saturated carbocycles. The Balaban J connectivity index is 1.76. The fourth-order valence-corrected chi connectivity index (χ4v) is 4.08. The number of aliphatic carboxylic acids is 1. The maximum atomic E-state index is 13.7. The number of quaternary nitrogens is 1. The number of halogens is 1. The maximum Gasteiger partial charge on any atom is 0.202 e. The zero-order valence-electron chi connectivity index (χ0n) is 14.6. The molecule has 0 fully saturated rings. The van der Waals surface area contributed by atoms with Crippen molar-refractivity contribution in [3.05, 3.63) is 81.6 Å². The van der Waals surface area contributed by atoms with Gasteiger partial charge in [0.25, 0.3) is 0 Å². The van der Waals surface area contributed by atoms with Crippen molar-refractivity contribution in [3.63, 3.8) is 0 Å². The van der Waals surface area contributed by atoms with E-state index in [4.69, 9.17) is 4.42 Å². The Labute approximate surface area is 157 Å². The zero-order valence-corrected chi connectivity index (χ0v) is 14.6. The lowest BCUT2D eigenvalue weighted by Gasteiger charge is -2.28. The second-order valence-corrected chi connectivity index (χ2v) is 7.02. The molecule has 3 N–H and O–H groups in total. The molecule has 6 nitrogen and oxygen atoms in total. The van der Waals surface area contributed by atoms with Crippen LogP contribution in [0.2, 0.25) is 0 Å². The molecule has 0 aliphatic carbocycles. The number of aromatic nitrogens is 1. The summed E-state index contributed by atoms with van der Waals surface area (Å²) in [5.74, 6) is -1.74. The Bertz CT molecular complexity index is 1310. The molecule has 0 radical (unpaired) electrons. The van der Waals surface area contributed by atoms with Gasteiger partial charge < -0.3 is 24.6 Å². The van der Waals surface area contributed by atoms with Gasteiger partial charge in [0.15, 0.2) is 6.04 Å². The monoisotopic (exact) mass is 378 g/mol. The third-order valence-corrected chi connectivity index (χ3v) is 5.41. The first-order valence-corrected chi connectivity index (χ1v) is 8.89. The third kappa shape index (κ3) is 2.44.